The van der Waals surface area contributed by atoms with Gasteiger partial charge >= 0.3 is 0 Å². The quantitative estimate of drug-likeness (QED) is 0.567. The number of rotatable bonds is 6. The number of nitrogens with one attached hydrogen (secondary N) is 1. The van der Waals surface area contributed by atoms with Crippen LogP contribution in [0, 0.1) is 0 Å². The Balaban J connectivity index is 2.46. The van der Waals surface area contributed by atoms with Gasteiger partial charge in [-0.15, -0.1) is 0 Å². The summed E-state index contributed by atoms with van der Waals surface area (Å²) in [5.41, 5.74) is 1.20. The van der Waals surface area contributed by atoms with Crippen LogP contribution in [-0.2, 0) is 9.53 Å². The van der Waals surface area contributed by atoms with Crippen molar-refractivity contribution in [2.75, 3.05) is 25.1 Å². The van der Waals surface area contributed by atoms with E-state index in [0.717, 1.165) is 0 Å². The van der Waals surface area contributed by atoms with Crippen molar-refractivity contribution >= 4 is 17.4 Å². The molecule has 1 amide bonds. The van der Waals surface area contributed by atoms with Crippen LogP contribution in [0.5, 0.6) is 0 Å². The highest BCUT2D eigenvalue weighted by Crippen LogP contribution is 2.09. The molecule has 0 saturated heterocycles. The second-order valence-corrected chi connectivity index (χ2v) is 3.46. The van der Waals surface area contributed by atoms with Gasteiger partial charge in [-0.05, 0) is 31.2 Å². The Morgan fingerprint density at radius 3 is 2.47 bits per heavy atom. The van der Waals surface area contributed by atoms with Gasteiger partial charge < -0.3 is 15.2 Å². The summed E-state index contributed by atoms with van der Waals surface area (Å²) in [5.74, 6) is -0.316. The van der Waals surface area contributed by atoms with Crippen LogP contribution >= 0.6 is 0 Å². The maximum atomic E-state index is 11.3. The molecule has 5 heteroatoms. The molecule has 1 aromatic rings. The maximum absolute atomic E-state index is 11.3. The number of aliphatic hydroxyl groups is 1. The minimum absolute atomic E-state index is 0.0193. The minimum atomic E-state index is -0.297. The third kappa shape index (κ3) is 4.76. The van der Waals surface area contributed by atoms with Crippen molar-refractivity contribution in [3.05, 3.63) is 29.8 Å². The molecule has 0 unspecified atom stereocenters. The number of Topliss-reactive ketones (excluding diaryl/α,β-unsaturated/α-hetero) is 1. The van der Waals surface area contributed by atoms with Crippen LogP contribution in [0.2, 0.25) is 0 Å². The molecule has 0 aliphatic carbocycles. The fraction of sp³-hybridized carbons (Fsp3) is 0.333. The topological polar surface area (TPSA) is 75.6 Å². The van der Waals surface area contributed by atoms with E-state index in [2.05, 4.69) is 5.32 Å². The van der Waals surface area contributed by atoms with E-state index in [-0.39, 0.29) is 31.5 Å². The summed E-state index contributed by atoms with van der Waals surface area (Å²) in [6.07, 6.45) is 0. The number of carbonyl (C=O) groups is 2. The number of ketones is 1. The Morgan fingerprint density at radius 1 is 1.29 bits per heavy atom. The summed E-state index contributed by atoms with van der Waals surface area (Å²) in [7, 11) is 0. The minimum Gasteiger partial charge on any atom is -0.394 e. The van der Waals surface area contributed by atoms with Gasteiger partial charge in [-0.3, -0.25) is 9.59 Å². The van der Waals surface area contributed by atoms with E-state index in [4.69, 9.17) is 9.84 Å². The first kappa shape index (κ1) is 13.3. The van der Waals surface area contributed by atoms with Gasteiger partial charge in [-0.1, -0.05) is 0 Å². The Kier molecular flexibility index (Phi) is 5.32. The molecule has 0 spiro atoms. The fourth-order valence-corrected chi connectivity index (χ4v) is 1.21. The van der Waals surface area contributed by atoms with Gasteiger partial charge in [0.1, 0.15) is 6.61 Å². The van der Waals surface area contributed by atoms with Crippen LogP contribution in [0.15, 0.2) is 24.3 Å². The SMILES string of the molecule is CC(=O)c1ccc(NC(=O)COCCO)cc1. The third-order valence-corrected chi connectivity index (χ3v) is 2.04. The summed E-state index contributed by atoms with van der Waals surface area (Å²) < 4.78 is 4.86. The van der Waals surface area contributed by atoms with Crippen molar-refractivity contribution in [3.8, 4) is 0 Å². The molecule has 0 saturated carbocycles. The average Bonchev–Trinajstić information content (AvgIpc) is 2.30. The second-order valence-electron chi connectivity index (χ2n) is 3.46. The van der Waals surface area contributed by atoms with Crippen LogP contribution < -0.4 is 5.32 Å². The molecule has 5 nitrogen and oxygen atoms in total. The van der Waals surface area contributed by atoms with Crippen LogP contribution in [0.1, 0.15) is 17.3 Å². The van der Waals surface area contributed by atoms with E-state index in [9.17, 15) is 9.59 Å². The summed E-state index contributed by atoms with van der Waals surface area (Å²) in [4.78, 5) is 22.3. The molecule has 1 aromatic carbocycles. The van der Waals surface area contributed by atoms with E-state index in [1.807, 2.05) is 0 Å². The number of anilines is 1. The highest BCUT2D eigenvalue weighted by atomic mass is 16.5. The van der Waals surface area contributed by atoms with E-state index < -0.39 is 0 Å². The number of amides is 1. The number of benzene rings is 1. The molecule has 0 bridgehead atoms. The van der Waals surface area contributed by atoms with E-state index in [1.54, 1.807) is 24.3 Å². The molecule has 0 fully saturated rings. The number of hydrogen-bond donors (Lipinski definition) is 2. The van der Waals surface area contributed by atoms with Gasteiger partial charge in [0.05, 0.1) is 13.2 Å². The molecule has 0 atom stereocenters. The normalized spacial score (nSPS) is 10.0. The molecule has 2 N–H and O–H groups in total. The monoisotopic (exact) mass is 237 g/mol. The van der Waals surface area contributed by atoms with E-state index >= 15 is 0 Å². The average molecular weight is 237 g/mol. The first-order chi connectivity index (χ1) is 8.13. The van der Waals surface area contributed by atoms with Crippen molar-refractivity contribution in [1.29, 1.82) is 0 Å². The first-order valence-electron chi connectivity index (χ1n) is 5.23. The third-order valence-electron chi connectivity index (χ3n) is 2.04. The Bertz CT molecular complexity index is 386. The standard InChI is InChI=1S/C12H15NO4/c1-9(15)10-2-4-11(5-3-10)13-12(16)8-17-7-6-14/h2-5,14H,6-8H2,1H3,(H,13,16). The predicted molar refractivity (Wildman–Crippen MR) is 63.0 cm³/mol. The molecule has 0 heterocycles. The molecule has 0 aliphatic rings. The summed E-state index contributed by atoms with van der Waals surface area (Å²) >= 11 is 0. The van der Waals surface area contributed by atoms with Gasteiger partial charge in [-0.2, -0.15) is 0 Å². The van der Waals surface area contributed by atoms with Gasteiger partial charge in [0, 0.05) is 11.3 Å². The Hall–Kier alpha value is -1.72. The van der Waals surface area contributed by atoms with Gasteiger partial charge in [0.2, 0.25) is 5.91 Å². The highest BCUT2D eigenvalue weighted by molar-refractivity contribution is 5.95. The highest BCUT2D eigenvalue weighted by Gasteiger charge is 2.03. The molecular weight excluding hydrogens is 222 g/mol. The molecular formula is C12H15NO4. The Morgan fingerprint density at radius 2 is 1.94 bits per heavy atom. The lowest BCUT2D eigenvalue weighted by atomic mass is 10.1. The number of hydrogen-bond acceptors (Lipinski definition) is 4. The van der Waals surface area contributed by atoms with E-state index in [0.29, 0.717) is 11.3 Å². The first-order valence-corrected chi connectivity index (χ1v) is 5.23. The molecule has 1 rings (SSSR count). The van der Waals surface area contributed by atoms with Gasteiger partial charge in [0.15, 0.2) is 5.78 Å². The van der Waals surface area contributed by atoms with Crippen LogP contribution in [0.3, 0.4) is 0 Å². The molecule has 0 aliphatic heterocycles. The second kappa shape index (κ2) is 6.78. The van der Waals surface area contributed by atoms with Crippen molar-refractivity contribution in [2.45, 2.75) is 6.92 Å². The smallest absolute Gasteiger partial charge is 0.250 e. The lowest BCUT2D eigenvalue weighted by Gasteiger charge is -2.05. The van der Waals surface area contributed by atoms with Crippen molar-refractivity contribution < 1.29 is 19.4 Å². The predicted octanol–water partition coefficient (Wildman–Crippen LogP) is 0.837. The zero-order valence-corrected chi connectivity index (χ0v) is 9.60. The number of ether oxygens (including phenoxy) is 1. The van der Waals surface area contributed by atoms with Crippen LogP contribution in [0.4, 0.5) is 5.69 Å². The maximum Gasteiger partial charge on any atom is 0.250 e. The largest absolute Gasteiger partial charge is 0.394 e. The molecule has 0 aromatic heterocycles. The summed E-state index contributed by atoms with van der Waals surface area (Å²) in [6, 6.07) is 6.60. The molecule has 17 heavy (non-hydrogen) atoms. The molecule has 92 valence electrons. The zero-order valence-electron chi connectivity index (χ0n) is 9.60. The van der Waals surface area contributed by atoms with Gasteiger partial charge in [-0.25, -0.2) is 0 Å². The van der Waals surface area contributed by atoms with Crippen LogP contribution in [0.25, 0.3) is 0 Å². The zero-order chi connectivity index (χ0) is 12.7. The van der Waals surface area contributed by atoms with Crippen molar-refractivity contribution in [3.63, 3.8) is 0 Å². The van der Waals surface area contributed by atoms with Crippen LogP contribution in [-0.4, -0.2) is 36.6 Å². The Labute approximate surface area is 99.4 Å². The van der Waals surface area contributed by atoms with E-state index in [1.165, 1.54) is 6.92 Å². The van der Waals surface area contributed by atoms with Gasteiger partial charge in [0.25, 0.3) is 0 Å². The van der Waals surface area contributed by atoms with Crippen molar-refractivity contribution in [2.24, 2.45) is 0 Å². The lowest BCUT2D eigenvalue weighted by Crippen LogP contribution is -2.19. The number of aliphatic hydroxyl groups excluding tert-OH is 1. The summed E-state index contributed by atoms with van der Waals surface area (Å²) in [5, 5.41) is 11.1. The summed E-state index contributed by atoms with van der Waals surface area (Å²) in [6.45, 7) is 1.41. The fourth-order valence-electron chi connectivity index (χ4n) is 1.21. The lowest BCUT2D eigenvalue weighted by molar-refractivity contribution is -0.120. The number of carbonyl (C=O) groups excluding carboxylic acids is 2. The molecule has 0 radical (unpaired) electrons. The van der Waals surface area contributed by atoms with Crippen molar-refractivity contribution in [1.82, 2.24) is 0 Å².